The summed E-state index contributed by atoms with van der Waals surface area (Å²) in [6.45, 7) is 21.9. The van der Waals surface area contributed by atoms with Crippen molar-refractivity contribution in [2.45, 2.75) is 6.92 Å². The molecule has 0 N–H and O–H groups in total. The Morgan fingerprint density at radius 2 is 0.977 bits per heavy atom. The standard InChI is InChI=1S/C41H38N2/c1-7-15-33(11-5)35-20-24-39(25-21-35)43(40-26-22-36(23-27-40)34(16-8-2)17-9-3)41-30-28-38(29-31-41)42(32(6)10-4)37-18-13-12-14-19-37/h7-31H,1-2,4-6H2,3H3/b17-9-,33-15+,34-16+. The monoisotopic (exact) mass is 558 g/mol. The molecular formula is C41H38N2. The summed E-state index contributed by atoms with van der Waals surface area (Å²) in [5.74, 6) is 0. The van der Waals surface area contributed by atoms with Gasteiger partial charge in [0.25, 0.3) is 0 Å². The summed E-state index contributed by atoms with van der Waals surface area (Å²) >= 11 is 0. The van der Waals surface area contributed by atoms with Crippen LogP contribution in [0.2, 0.25) is 0 Å². The van der Waals surface area contributed by atoms with E-state index in [1.54, 1.807) is 12.2 Å². The van der Waals surface area contributed by atoms with Gasteiger partial charge in [0, 0.05) is 34.1 Å². The molecule has 0 amide bonds. The van der Waals surface area contributed by atoms with E-state index in [9.17, 15) is 0 Å². The Kier molecular flexibility index (Phi) is 10.5. The molecular weight excluding hydrogens is 520 g/mol. The Balaban J connectivity index is 1.80. The van der Waals surface area contributed by atoms with Crippen LogP contribution in [0.25, 0.3) is 11.1 Å². The maximum atomic E-state index is 4.23. The van der Waals surface area contributed by atoms with E-state index in [2.05, 4.69) is 134 Å². The normalized spacial score (nSPS) is 11.6. The topological polar surface area (TPSA) is 6.48 Å². The SMILES string of the molecule is C=C/C=C(\C=C)c1ccc(N(c2ccc(C(/C=C\C)=C/C=C)cc2)c2ccc(N(C(=C)C=C)c3ccccc3)cc2)cc1. The summed E-state index contributed by atoms with van der Waals surface area (Å²) in [4.78, 5) is 4.35. The van der Waals surface area contributed by atoms with Gasteiger partial charge >= 0.3 is 0 Å². The zero-order valence-corrected chi connectivity index (χ0v) is 24.9. The second kappa shape index (κ2) is 14.9. The van der Waals surface area contributed by atoms with Crippen LogP contribution >= 0.6 is 0 Å². The first-order valence-electron chi connectivity index (χ1n) is 14.2. The van der Waals surface area contributed by atoms with Crippen molar-refractivity contribution < 1.29 is 0 Å². The molecule has 0 radical (unpaired) electrons. The molecule has 0 aliphatic carbocycles. The summed E-state index contributed by atoms with van der Waals surface area (Å²) in [5, 5.41) is 0. The molecule has 0 aliphatic heterocycles. The van der Waals surface area contributed by atoms with E-state index in [0.29, 0.717) is 0 Å². The summed E-state index contributed by atoms with van der Waals surface area (Å²) in [5.41, 5.74) is 10.3. The van der Waals surface area contributed by atoms with Crippen molar-refractivity contribution in [3.8, 4) is 0 Å². The Morgan fingerprint density at radius 3 is 1.44 bits per heavy atom. The molecule has 0 saturated carbocycles. The van der Waals surface area contributed by atoms with E-state index < -0.39 is 0 Å². The third-order valence-electron chi connectivity index (χ3n) is 6.98. The average Bonchev–Trinajstić information content (AvgIpc) is 3.05. The minimum absolute atomic E-state index is 0.803. The predicted molar refractivity (Wildman–Crippen MR) is 190 cm³/mol. The number of nitrogens with zero attached hydrogens (tertiary/aromatic N) is 2. The van der Waals surface area contributed by atoms with Gasteiger partial charge in [0.05, 0.1) is 0 Å². The lowest BCUT2D eigenvalue weighted by Gasteiger charge is -2.28. The van der Waals surface area contributed by atoms with E-state index in [1.165, 1.54) is 0 Å². The van der Waals surface area contributed by atoms with Gasteiger partial charge in [-0.1, -0.05) is 118 Å². The number of anilines is 5. The van der Waals surface area contributed by atoms with Gasteiger partial charge in [-0.05, 0) is 95.9 Å². The smallest absolute Gasteiger partial charge is 0.0463 e. The fraction of sp³-hybridized carbons (Fsp3) is 0.0244. The van der Waals surface area contributed by atoms with Gasteiger partial charge in [0.1, 0.15) is 0 Å². The molecule has 0 bridgehead atoms. The van der Waals surface area contributed by atoms with Crippen molar-refractivity contribution in [2.75, 3.05) is 9.80 Å². The molecule has 2 nitrogen and oxygen atoms in total. The van der Waals surface area contributed by atoms with E-state index in [4.69, 9.17) is 0 Å². The highest BCUT2D eigenvalue weighted by Gasteiger charge is 2.16. The second-order valence-electron chi connectivity index (χ2n) is 9.73. The maximum absolute atomic E-state index is 4.23. The molecule has 2 heteroatoms. The summed E-state index contributed by atoms with van der Waals surface area (Å²) < 4.78 is 0. The number of benzene rings is 4. The molecule has 0 aliphatic rings. The zero-order chi connectivity index (χ0) is 30.6. The first kappa shape index (κ1) is 30.4. The Labute approximate surface area is 257 Å². The van der Waals surface area contributed by atoms with Crippen molar-refractivity contribution in [2.24, 2.45) is 0 Å². The Bertz CT molecular complexity index is 1660. The zero-order valence-electron chi connectivity index (χ0n) is 24.9. The van der Waals surface area contributed by atoms with Crippen LogP contribution in [-0.4, -0.2) is 0 Å². The molecule has 0 atom stereocenters. The lowest BCUT2D eigenvalue weighted by Crippen LogP contribution is -2.14. The van der Waals surface area contributed by atoms with Gasteiger partial charge in [0.15, 0.2) is 0 Å². The molecule has 212 valence electrons. The molecule has 0 saturated heterocycles. The number of hydrogen-bond acceptors (Lipinski definition) is 2. The molecule has 4 aromatic carbocycles. The van der Waals surface area contributed by atoms with Crippen LogP contribution in [0.1, 0.15) is 18.1 Å². The van der Waals surface area contributed by atoms with Crippen molar-refractivity contribution in [3.05, 3.63) is 201 Å². The second-order valence-corrected chi connectivity index (χ2v) is 9.73. The summed E-state index contributed by atoms with van der Waals surface area (Å²) in [6.07, 6.45) is 15.3. The van der Waals surface area contributed by atoms with Crippen LogP contribution in [0.4, 0.5) is 28.4 Å². The Morgan fingerprint density at radius 1 is 0.535 bits per heavy atom. The fourth-order valence-electron chi connectivity index (χ4n) is 4.92. The molecule has 4 rings (SSSR count). The third-order valence-corrected chi connectivity index (χ3v) is 6.98. The lowest BCUT2D eigenvalue weighted by atomic mass is 10.0. The van der Waals surface area contributed by atoms with Crippen molar-refractivity contribution >= 4 is 39.6 Å². The van der Waals surface area contributed by atoms with Crippen molar-refractivity contribution in [1.82, 2.24) is 0 Å². The van der Waals surface area contributed by atoms with Crippen LogP contribution in [-0.2, 0) is 0 Å². The number of hydrogen-bond donors (Lipinski definition) is 0. The van der Waals surface area contributed by atoms with Gasteiger partial charge in [-0.15, -0.1) is 0 Å². The Hall–Kier alpha value is -5.60. The van der Waals surface area contributed by atoms with Crippen molar-refractivity contribution in [3.63, 3.8) is 0 Å². The largest absolute Gasteiger partial charge is 0.311 e. The fourth-order valence-corrected chi connectivity index (χ4v) is 4.92. The van der Waals surface area contributed by atoms with Gasteiger partial charge < -0.3 is 9.80 Å². The summed E-state index contributed by atoms with van der Waals surface area (Å²) in [7, 11) is 0. The minimum Gasteiger partial charge on any atom is -0.311 e. The first-order valence-corrected chi connectivity index (χ1v) is 14.2. The van der Waals surface area contributed by atoms with E-state index in [1.807, 2.05) is 55.5 Å². The number of rotatable bonds is 13. The molecule has 0 fully saturated rings. The van der Waals surface area contributed by atoms with Gasteiger partial charge in [-0.2, -0.15) is 0 Å². The molecule has 0 aromatic heterocycles. The van der Waals surface area contributed by atoms with Crippen LogP contribution in [0.5, 0.6) is 0 Å². The van der Waals surface area contributed by atoms with Gasteiger partial charge in [0.2, 0.25) is 0 Å². The first-order chi connectivity index (χ1) is 21.0. The molecule has 0 spiro atoms. The molecule has 4 aromatic rings. The molecule has 43 heavy (non-hydrogen) atoms. The highest BCUT2D eigenvalue weighted by Crippen LogP contribution is 2.38. The quantitative estimate of drug-likeness (QED) is 0.151. The highest BCUT2D eigenvalue weighted by atomic mass is 15.2. The van der Waals surface area contributed by atoms with Crippen LogP contribution in [0, 0.1) is 0 Å². The summed E-state index contributed by atoms with van der Waals surface area (Å²) in [6, 6.07) is 35.8. The number of para-hydroxylation sites is 1. The molecule has 0 heterocycles. The minimum atomic E-state index is 0.803. The van der Waals surface area contributed by atoms with Crippen LogP contribution in [0.15, 0.2) is 190 Å². The maximum Gasteiger partial charge on any atom is 0.0463 e. The van der Waals surface area contributed by atoms with E-state index >= 15 is 0 Å². The van der Waals surface area contributed by atoms with E-state index in [0.717, 1.165) is 56.4 Å². The van der Waals surface area contributed by atoms with Gasteiger partial charge in [-0.25, -0.2) is 0 Å². The third kappa shape index (κ3) is 7.19. The number of allylic oxidation sites excluding steroid dienone is 10. The van der Waals surface area contributed by atoms with Crippen molar-refractivity contribution in [1.29, 1.82) is 0 Å². The van der Waals surface area contributed by atoms with Crippen LogP contribution < -0.4 is 9.80 Å². The van der Waals surface area contributed by atoms with Gasteiger partial charge in [-0.3, -0.25) is 0 Å². The highest BCUT2D eigenvalue weighted by molar-refractivity contribution is 5.83. The average molecular weight is 559 g/mol. The van der Waals surface area contributed by atoms with Crippen LogP contribution in [0.3, 0.4) is 0 Å². The predicted octanol–water partition coefficient (Wildman–Crippen LogP) is 11.9. The molecule has 0 unspecified atom stereocenters. The van der Waals surface area contributed by atoms with E-state index in [-0.39, 0.29) is 0 Å². The lowest BCUT2D eigenvalue weighted by molar-refractivity contribution is 1.21.